The average molecular weight is 358 g/mol. The van der Waals surface area contributed by atoms with Crippen molar-refractivity contribution in [2.75, 3.05) is 13.7 Å². The van der Waals surface area contributed by atoms with Gasteiger partial charge in [0.2, 0.25) is 0 Å². The van der Waals surface area contributed by atoms with Gasteiger partial charge in [0.1, 0.15) is 5.75 Å². The average Bonchev–Trinajstić information content (AvgIpc) is 2.64. The molecule has 2 rings (SSSR count). The molecule has 1 N–H and O–H groups in total. The smallest absolute Gasteiger partial charge is 0.338 e. The molecule has 0 saturated carbocycles. The van der Waals surface area contributed by atoms with Crippen molar-refractivity contribution < 1.29 is 24.0 Å². The van der Waals surface area contributed by atoms with Crippen molar-refractivity contribution >= 4 is 17.6 Å². The molecule has 8 nitrogen and oxygen atoms in total. The van der Waals surface area contributed by atoms with Crippen molar-refractivity contribution in [2.24, 2.45) is 0 Å². The predicted molar refractivity (Wildman–Crippen MR) is 93.0 cm³/mol. The van der Waals surface area contributed by atoms with Crippen LogP contribution in [0.3, 0.4) is 0 Å². The summed E-state index contributed by atoms with van der Waals surface area (Å²) in [7, 11) is 1.57. The van der Waals surface area contributed by atoms with Gasteiger partial charge in [-0.05, 0) is 36.8 Å². The molecule has 26 heavy (non-hydrogen) atoms. The van der Waals surface area contributed by atoms with Gasteiger partial charge in [-0.25, -0.2) is 4.79 Å². The summed E-state index contributed by atoms with van der Waals surface area (Å²) < 4.78 is 9.98. The lowest BCUT2D eigenvalue weighted by Crippen LogP contribution is -2.28. The van der Waals surface area contributed by atoms with Gasteiger partial charge >= 0.3 is 5.97 Å². The maximum absolute atomic E-state index is 11.9. The molecule has 0 atom stereocenters. The molecule has 0 radical (unpaired) electrons. The number of nitro groups is 1. The molecule has 0 unspecified atom stereocenters. The Balaban J connectivity index is 1.83. The normalized spacial score (nSPS) is 10.1. The maximum atomic E-state index is 11.9. The topological polar surface area (TPSA) is 108 Å². The molecule has 2 aromatic carbocycles. The van der Waals surface area contributed by atoms with Crippen LogP contribution in [-0.2, 0) is 16.1 Å². The second-order valence-electron chi connectivity index (χ2n) is 5.46. The lowest BCUT2D eigenvalue weighted by molar-refractivity contribution is -0.385. The fourth-order valence-electron chi connectivity index (χ4n) is 2.20. The van der Waals surface area contributed by atoms with Crippen LogP contribution in [0.4, 0.5) is 5.69 Å². The van der Waals surface area contributed by atoms with Gasteiger partial charge in [0.05, 0.1) is 17.6 Å². The number of amides is 1. The van der Waals surface area contributed by atoms with Gasteiger partial charge in [-0.2, -0.15) is 0 Å². The van der Waals surface area contributed by atoms with Crippen molar-refractivity contribution in [1.29, 1.82) is 0 Å². The quantitative estimate of drug-likeness (QED) is 0.462. The number of hydrogen-bond donors (Lipinski definition) is 1. The first kappa shape index (κ1) is 18.9. The molecular formula is C18H18N2O6. The van der Waals surface area contributed by atoms with Gasteiger partial charge in [-0.15, -0.1) is 0 Å². The Kier molecular flexibility index (Phi) is 6.26. The van der Waals surface area contributed by atoms with Crippen LogP contribution < -0.4 is 10.1 Å². The fraction of sp³-hybridized carbons (Fsp3) is 0.222. The molecule has 0 aliphatic rings. The highest BCUT2D eigenvalue weighted by molar-refractivity contribution is 5.91. The summed E-state index contributed by atoms with van der Waals surface area (Å²) in [6.07, 6.45) is 0. The Morgan fingerprint density at radius 3 is 2.42 bits per heavy atom. The van der Waals surface area contributed by atoms with Crippen LogP contribution in [0.1, 0.15) is 21.5 Å². The van der Waals surface area contributed by atoms with Gasteiger partial charge in [0.15, 0.2) is 6.61 Å². The molecule has 8 heteroatoms. The predicted octanol–water partition coefficient (Wildman–Crippen LogP) is 2.39. The second-order valence-corrected chi connectivity index (χ2v) is 5.46. The number of nitrogens with zero attached hydrogens (tertiary/aromatic N) is 1. The summed E-state index contributed by atoms with van der Waals surface area (Å²) in [6, 6.07) is 11.1. The number of rotatable bonds is 7. The highest BCUT2D eigenvalue weighted by Crippen LogP contribution is 2.19. The van der Waals surface area contributed by atoms with Crippen LogP contribution in [0.2, 0.25) is 0 Å². The lowest BCUT2D eigenvalue weighted by Gasteiger charge is -2.08. The number of carbonyl (C=O) groups excluding carboxylic acids is 2. The first-order valence-corrected chi connectivity index (χ1v) is 7.72. The van der Waals surface area contributed by atoms with E-state index < -0.39 is 23.4 Å². The number of esters is 1. The molecule has 1 amide bonds. The Labute approximate surface area is 149 Å². The van der Waals surface area contributed by atoms with Crippen molar-refractivity contribution in [1.82, 2.24) is 5.32 Å². The van der Waals surface area contributed by atoms with Gasteiger partial charge in [0, 0.05) is 18.2 Å². The third kappa shape index (κ3) is 5.04. The molecule has 0 aliphatic heterocycles. The van der Waals surface area contributed by atoms with Crippen LogP contribution in [0.5, 0.6) is 5.75 Å². The Morgan fingerprint density at radius 2 is 1.85 bits per heavy atom. The fourth-order valence-corrected chi connectivity index (χ4v) is 2.20. The van der Waals surface area contributed by atoms with E-state index >= 15 is 0 Å². The van der Waals surface area contributed by atoms with E-state index in [1.165, 1.54) is 25.1 Å². The number of nitrogens with one attached hydrogen (secondary N) is 1. The number of nitro benzene ring substituents is 1. The summed E-state index contributed by atoms with van der Waals surface area (Å²) in [4.78, 5) is 34.0. The number of aryl methyl sites for hydroxylation is 1. The number of hydrogen-bond acceptors (Lipinski definition) is 6. The van der Waals surface area contributed by atoms with E-state index in [2.05, 4.69) is 5.32 Å². The number of methoxy groups -OCH3 is 1. The van der Waals surface area contributed by atoms with Crippen molar-refractivity contribution in [3.05, 3.63) is 69.3 Å². The molecule has 2 aromatic rings. The first-order valence-electron chi connectivity index (χ1n) is 7.72. The molecule has 0 saturated heterocycles. The van der Waals surface area contributed by atoms with Gasteiger partial charge < -0.3 is 14.8 Å². The largest absolute Gasteiger partial charge is 0.497 e. The number of benzene rings is 2. The van der Waals surface area contributed by atoms with E-state index in [4.69, 9.17) is 9.47 Å². The van der Waals surface area contributed by atoms with Gasteiger partial charge in [-0.1, -0.05) is 12.1 Å². The molecule has 0 aromatic heterocycles. The van der Waals surface area contributed by atoms with Crippen molar-refractivity contribution in [3.63, 3.8) is 0 Å². The number of ether oxygens (including phenoxy) is 2. The third-order valence-corrected chi connectivity index (χ3v) is 3.61. The van der Waals surface area contributed by atoms with E-state index in [9.17, 15) is 19.7 Å². The minimum Gasteiger partial charge on any atom is -0.497 e. The lowest BCUT2D eigenvalue weighted by atomic mass is 10.1. The minimum absolute atomic E-state index is 0.0845. The zero-order chi connectivity index (χ0) is 19.1. The van der Waals surface area contributed by atoms with Crippen LogP contribution >= 0.6 is 0 Å². The zero-order valence-corrected chi connectivity index (χ0v) is 14.4. The summed E-state index contributed by atoms with van der Waals surface area (Å²) >= 11 is 0. The SMILES string of the molecule is COc1ccc(CNC(=O)COC(=O)c2ccc([N+](=O)[O-])c(C)c2)cc1. The number of carbonyl (C=O) groups is 2. The Morgan fingerprint density at radius 1 is 1.15 bits per heavy atom. The van der Waals surface area contributed by atoms with Gasteiger partial charge in [0.25, 0.3) is 11.6 Å². The summed E-state index contributed by atoms with van der Waals surface area (Å²) in [6.45, 7) is 1.37. The molecule has 0 aliphatic carbocycles. The highest BCUT2D eigenvalue weighted by atomic mass is 16.6. The molecule has 0 heterocycles. The molecule has 0 bridgehead atoms. The zero-order valence-electron chi connectivity index (χ0n) is 14.4. The van der Waals surface area contributed by atoms with Gasteiger partial charge in [-0.3, -0.25) is 14.9 Å². The molecule has 0 fully saturated rings. The Bertz CT molecular complexity index is 817. The molecule has 0 spiro atoms. The third-order valence-electron chi connectivity index (χ3n) is 3.61. The summed E-state index contributed by atoms with van der Waals surface area (Å²) in [5.74, 6) is -0.456. The molecule has 136 valence electrons. The van der Waals surface area contributed by atoms with Crippen LogP contribution in [0, 0.1) is 17.0 Å². The van der Waals surface area contributed by atoms with E-state index in [1.807, 2.05) is 12.1 Å². The Hall–Kier alpha value is -3.42. The monoisotopic (exact) mass is 358 g/mol. The standard InChI is InChI=1S/C18H18N2O6/c1-12-9-14(5-8-16(12)20(23)24)18(22)26-11-17(21)19-10-13-3-6-15(25-2)7-4-13/h3-9H,10-11H2,1-2H3,(H,19,21). The summed E-state index contributed by atoms with van der Waals surface area (Å²) in [5.41, 5.74) is 1.28. The van der Waals surface area contributed by atoms with Crippen molar-refractivity contribution in [3.8, 4) is 5.75 Å². The molecular weight excluding hydrogens is 340 g/mol. The summed E-state index contributed by atoms with van der Waals surface area (Å²) in [5, 5.41) is 13.4. The first-order chi connectivity index (χ1) is 12.4. The maximum Gasteiger partial charge on any atom is 0.338 e. The van der Waals surface area contributed by atoms with E-state index in [-0.39, 0.29) is 17.8 Å². The van der Waals surface area contributed by atoms with Crippen LogP contribution in [0.15, 0.2) is 42.5 Å². The van der Waals surface area contributed by atoms with Crippen LogP contribution in [-0.4, -0.2) is 30.5 Å². The van der Waals surface area contributed by atoms with E-state index in [1.54, 1.807) is 19.2 Å². The minimum atomic E-state index is -0.720. The van der Waals surface area contributed by atoms with Crippen molar-refractivity contribution in [2.45, 2.75) is 13.5 Å². The van der Waals surface area contributed by atoms with Crippen LogP contribution in [0.25, 0.3) is 0 Å². The second kappa shape index (κ2) is 8.61. The van der Waals surface area contributed by atoms with E-state index in [0.717, 1.165) is 5.56 Å². The highest BCUT2D eigenvalue weighted by Gasteiger charge is 2.15. The van der Waals surface area contributed by atoms with E-state index in [0.29, 0.717) is 11.3 Å².